The number of benzene rings is 2. The van der Waals surface area contributed by atoms with E-state index in [1.54, 1.807) is 37.3 Å². The first kappa shape index (κ1) is 22.0. The van der Waals surface area contributed by atoms with Crippen LogP contribution in [0.3, 0.4) is 0 Å². The van der Waals surface area contributed by atoms with Crippen LogP contribution in [-0.2, 0) is 19.6 Å². The third-order valence-electron chi connectivity index (χ3n) is 5.16. The lowest BCUT2D eigenvalue weighted by molar-refractivity contribution is -0.160. The van der Waals surface area contributed by atoms with Gasteiger partial charge in [0.05, 0.1) is 18.6 Å². The van der Waals surface area contributed by atoms with Gasteiger partial charge in [-0.3, -0.25) is 0 Å². The maximum atomic E-state index is 14.9. The number of carbonyl (C=O) groups is 1. The second kappa shape index (κ2) is 8.61. The Labute approximate surface area is 175 Å². The molecule has 0 unspecified atom stereocenters. The fraction of sp³-hybridized carbons (Fsp3) is 0.381. The van der Waals surface area contributed by atoms with Crippen LogP contribution in [0, 0.1) is 0 Å². The molecule has 2 aromatic rings. The molecule has 1 aliphatic rings. The average molecular weight is 437 g/mol. The number of nitrogens with two attached hydrogens (primary N) is 1. The summed E-state index contributed by atoms with van der Waals surface area (Å²) in [6.07, 6.45) is -0.511. The quantitative estimate of drug-likeness (QED) is 0.552. The minimum Gasteiger partial charge on any atom is -0.497 e. The van der Waals surface area contributed by atoms with Gasteiger partial charge >= 0.3 is 5.97 Å². The molecule has 162 valence electrons. The Balaban J connectivity index is 1.93. The summed E-state index contributed by atoms with van der Waals surface area (Å²) in [5, 5.41) is 0. The Bertz CT molecular complexity index is 1030. The number of anilines is 1. The smallest absolute Gasteiger partial charge is 0.343 e. The van der Waals surface area contributed by atoms with E-state index in [2.05, 4.69) is 0 Å². The van der Waals surface area contributed by atoms with E-state index in [0.29, 0.717) is 22.6 Å². The van der Waals surface area contributed by atoms with Gasteiger partial charge in [0.15, 0.2) is 0 Å². The normalized spacial score (nSPS) is 16.8. The minimum atomic E-state index is -3.95. The van der Waals surface area contributed by atoms with Crippen LogP contribution in [-0.4, -0.2) is 51.2 Å². The highest BCUT2D eigenvalue weighted by Gasteiger charge is 2.45. The molecule has 0 saturated carbocycles. The Morgan fingerprint density at radius 2 is 1.90 bits per heavy atom. The van der Waals surface area contributed by atoms with E-state index in [1.807, 2.05) is 0 Å². The van der Waals surface area contributed by atoms with E-state index in [0.717, 1.165) is 0 Å². The van der Waals surface area contributed by atoms with Crippen molar-refractivity contribution in [3.8, 4) is 16.9 Å². The van der Waals surface area contributed by atoms with Gasteiger partial charge in [0, 0.05) is 37.2 Å². The molecule has 0 atom stereocenters. The maximum absolute atomic E-state index is 14.9. The number of nitrogen functional groups attached to an aromatic ring is 1. The summed E-state index contributed by atoms with van der Waals surface area (Å²) in [5.41, 5.74) is 5.21. The van der Waals surface area contributed by atoms with Crippen molar-refractivity contribution < 1.29 is 27.1 Å². The van der Waals surface area contributed by atoms with E-state index >= 15 is 0 Å². The Morgan fingerprint density at radius 3 is 2.53 bits per heavy atom. The molecule has 0 aromatic heterocycles. The number of piperidine rings is 1. The predicted molar refractivity (Wildman–Crippen MR) is 111 cm³/mol. The number of alkyl halides is 1. The molecule has 0 bridgehead atoms. The SMILES string of the molecule is CCOC(=O)C1(F)CCN(S(=O)(=O)c2ccc(N)cc2-c2cccc(OC)c2)CC1. The molecular formula is C21H25FN2O5S. The lowest BCUT2D eigenvalue weighted by Gasteiger charge is -2.34. The van der Waals surface area contributed by atoms with E-state index in [1.165, 1.54) is 23.5 Å². The van der Waals surface area contributed by atoms with E-state index in [4.69, 9.17) is 15.2 Å². The molecule has 0 aliphatic carbocycles. The van der Waals surface area contributed by atoms with Crippen LogP contribution in [0.25, 0.3) is 11.1 Å². The lowest BCUT2D eigenvalue weighted by atomic mass is 9.95. The molecule has 2 aromatic carbocycles. The first-order valence-corrected chi connectivity index (χ1v) is 11.1. The second-order valence-electron chi connectivity index (χ2n) is 7.08. The minimum absolute atomic E-state index is 0.0624. The number of ether oxygens (including phenoxy) is 2. The van der Waals surface area contributed by atoms with Crippen LogP contribution in [0.2, 0.25) is 0 Å². The monoisotopic (exact) mass is 436 g/mol. The molecule has 1 saturated heterocycles. The fourth-order valence-electron chi connectivity index (χ4n) is 3.47. The molecule has 0 amide bonds. The number of halogens is 1. The molecule has 3 rings (SSSR count). The Hall–Kier alpha value is -2.65. The summed E-state index contributed by atoms with van der Waals surface area (Å²) in [7, 11) is -2.42. The number of carbonyl (C=O) groups excluding carboxylic acids is 1. The summed E-state index contributed by atoms with van der Waals surface area (Å²) < 4.78 is 52.8. The van der Waals surface area contributed by atoms with Crippen molar-refractivity contribution in [2.24, 2.45) is 0 Å². The molecule has 9 heteroatoms. The zero-order valence-electron chi connectivity index (χ0n) is 16.9. The number of nitrogens with zero attached hydrogens (tertiary/aromatic N) is 1. The van der Waals surface area contributed by atoms with Gasteiger partial charge in [0.2, 0.25) is 15.7 Å². The topological polar surface area (TPSA) is 98.9 Å². The molecule has 30 heavy (non-hydrogen) atoms. The largest absolute Gasteiger partial charge is 0.497 e. The van der Waals surface area contributed by atoms with Crippen LogP contribution in [0.15, 0.2) is 47.4 Å². The van der Waals surface area contributed by atoms with Crippen LogP contribution >= 0.6 is 0 Å². The highest BCUT2D eigenvalue weighted by atomic mass is 32.2. The number of rotatable bonds is 6. The standard InChI is InChI=1S/C21H25FN2O5S/c1-3-29-20(25)21(22)9-11-24(12-10-21)30(26,27)19-8-7-16(23)14-18(19)15-5-4-6-17(13-15)28-2/h4-8,13-14H,3,9-12,23H2,1-2H3. The average Bonchev–Trinajstić information content (AvgIpc) is 2.74. The number of methoxy groups -OCH3 is 1. The molecule has 7 nitrogen and oxygen atoms in total. The lowest BCUT2D eigenvalue weighted by Crippen LogP contribution is -2.49. The Morgan fingerprint density at radius 1 is 1.20 bits per heavy atom. The van der Waals surface area contributed by atoms with Crippen LogP contribution in [0.1, 0.15) is 19.8 Å². The van der Waals surface area contributed by atoms with Gasteiger partial charge in [0.25, 0.3) is 0 Å². The molecule has 0 spiro atoms. The van der Waals surface area contributed by atoms with Gasteiger partial charge in [-0.25, -0.2) is 17.6 Å². The van der Waals surface area contributed by atoms with Crippen molar-refractivity contribution in [2.75, 3.05) is 32.5 Å². The first-order valence-electron chi connectivity index (χ1n) is 9.61. The van der Waals surface area contributed by atoms with Gasteiger partial charge in [-0.2, -0.15) is 4.31 Å². The molecule has 1 fully saturated rings. The third-order valence-corrected chi connectivity index (χ3v) is 7.12. The highest BCUT2D eigenvalue weighted by molar-refractivity contribution is 7.89. The number of esters is 1. The summed E-state index contributed by atoms with van der Waals surface area (Å²) in [5.74, 6) is -0.362. The zero-order valence-corrected chi connectivity index (χ0v) is 17.7. The first-order chi connectivity index (χ1) is 14.2. The summed E-state index contributed by atoms with van der Waals surface area (Å²) in [6.45, 7) is 1.42. The van der Waals surface area contributed by atoms with E-state index < -0.39 is 21.7 Å². The molecule has 1 aliphatic heterocycles. The van der Waals surface area contributed by atoms with Crippen molar-refractivity contribution in [1.82, 2.24) is 4.31 Å². The zero-order chi connectivity index (χ0) is 21.9. The van der Waals surface area contributed by atoms with Gasteiger partial charge in [-0.1, -0.05) is 12.1 Å². The summed E-state index contributed by atoms with van der Waals surface area (Å²) in [4.78, 5) is 12.0. The van der Waals surface area contributed by atoms with Gasteiger partial charge in [-0.15, -0.1) is 0 Å². The van der Waals surface area contributed by atoms with E-state index in [-0.39, 0.29) is 37.4 Å². The van der Waals surface area contributed by atoms with E-state index in [9.17, 15) is 17.6 Å². The highest BCUT2D eigenvalue weighted by Crippen LogP contribution is 2.36. The second-order valence-corrected chi connectivity index (χ2v) is 8.98. The van der Waals surface area contributed by atoms with Crippen LogP contribution in [0.4, 0.5) is 10.1 Å². The molecule has 0 radical (unpaired) electrons. The molecular weight excluding hydrogens is 411 g/mol. The Kier molecular flexibility index (Phi) is 6.33. The van der Waals surface area contributed by atoms with Crippen LogP contribution in [0.5, 0.6) is 5.75 Å². The van der Waals surface area contributed by atoms with Crippen molar-refractivity contribution in [2.45, 2.75) is 30.3 Å². The molecule has 2 N–H and O–H groups in total. The van der Waals surface area contributed by atoms with Crippen molar-refractivity contribution in [3.63, 3.8) is 0 Å². The van der Waals surface area contributed by atoms with Crippen molar-refractivity contribution in [1.29, 1.82) is 0 Å². The van der Waals surface area contributed by atoms with Gasteiger partial charge in [-0.05, 0) is 42.8 Å². The fourth-order valence-corrected chi connectivity index (χ4v) is 5.11. The summed E-state index contributed by atoms with van der Waals surface area (Å²) >= 11 is 0. The van der Waals surface area contributed by atoms with Gasteiger partial charge in [0.1, 0.15) is 5.75 Å². The predicted octanol–water partition coefficient (Wildman–Crippen LogP) is 3.00. The van der Waals surface area contributed by atoms with Gasteiger partial charge < -0.3 is 15.2 Å². The van der Waals surface area contributed by atoms with Crippen molar-refractivity contribution in [3.05, 3.63) is 42.5 Å². The number of hydrogen-bond donors (Lipinski definition) is 1. The maximum Gasteiger partial charge on any atom is 0.343 e. The molecule has 1 heterocycles. The third kappa shape index (κ3) is 4.27. The van der Waals surface area contributed by atoms with Crippen LogP contribution < -0.4 is 10.5 Å². The van der Waals surface area contributed by atoms with Crippen molar-refractivity contribution >= 4 is 21.7 Å². The number of sulfonamides is 1. The number of hydrogen-bond acceptors (Lipinski definition) is 6. The summed E-state index contributed by atoms with van der Waals surface area (Å²) in [6, 6.07) is 11.5.